The van der Waals surface area contributed by atoms with Crippen molar-refractivity contribution in [1.29, 1.82) is 0 Å². The zero-order valence-electron chi connectivity index (χ0n) is 16.5. The highest BCUT2D eigenvalue weighted by atomic mass is 32.2. The lowest BCUT2D eigenvalue weighted by Gasteiger charge is -2.21. The number of carbonyl (C=O) groups is 1. The lowest BCUT2D eigenvalue weighted by atomic mass is 10.1. The van der Waals surface area contributed by atoms with Gasteiger partial charge in [0, 0.05) is 24.3 Å². The lowest BCUT2D eigenvalue weighted by molar-refractivity contribution is 0.102. The molecule has 146 valence electrons. The second kappa shape index (κ2) is 9.15. The maximum Gasteiger partial charge on any atom is 0.255 e. The summed E-state index contributed by atoms with van der Waals surface area (Å²) in [7, 11) is -3.54. The van der Waals surface area contributed by atoms with E-state index in [0.29, 0.717) is 18.7 Å². The van der Waals surface area contributed by atoms with Gasteiger partial charge >= 0.3 is 0 Å². The van der Waals surface area contributed by atoms with E-state index in [1.165, 1.54) is 16.4 Å². The number of carbonyl (C=O) groups excluding carboxylic acids is 1. The van der Waals surface area contributed by atoms with Crippen molar-refractivity contribution in [2.24, 2.45) is 0 Å². The molecule has 0 heterocycles. The molecule has 0 spiro atoms. The Morgan fingerprint density at radius 2 is 1.44 bits per heavy atom. The first-order valence-corrected chi connectivity index (χ1v) is 10.7. The largest absolute Gasteiger partial charge is 0.322 e. The van der Waals surface area contributed by atoms with Crippen LogP contribution < -0.4 is 5.32 Å². The first-order valence-electron chi connectivity index (χ1n) is 9.27. The van der Waals surface area contributed by atoms with Gasteiger partial charge in [-0.2, -0.15) is 4.31 Å². The number of aryl methyl sites for hydroxylation is 2. The number of hydrogen-bond donors (Lipinski definition) is 1. The van der Waals surface area contributed by atoms with Gasteiger partial charge in [-0.1, -0.05) is 19.9 Å². The molecular weight excluding hydrogens is 360 g/mol. The predicted molar refractivity (Wildman–Crippen MR) is 110 cm³/mol. The van der Waals surface area contributed by atoms with Gasteiger partial charge in [0.1, 0.15) is 0 Å². The molecule has 0 aliphatic carbocycles. The Kier molecular flexibility index (Phi) is 7.16. The van der Waals surface area contributed by atoms with Crippen molar-refractivity contribution in [1.82, 2.24) is 4.31 Å². The monoisotopic (exact) mass is 388 g/mol. The molecule has 0 atom stereocenters. The molecule has 0 unspecified atom stereocenters. The summed E-state index contributed by atoms with van der Waals surface area (Å²) in [4.78, 5) is 12.7. The van der Waals surface area contributed by atoms with Crippen molar-refractivity contribution in [3.05, 3.63) is 59.2 Å². The van der Waals surface area contributed by atoms with E-state index in [1.54, 1.807) is 12.1 Å². The van der Waals surface area contributed by atoms with Crippen molar-refractivity contribution in [3.63, 3.8) is 0 Å². The van der Waals surface area contributed by atoms with E-state index < -0.39 is 10.0 Å². The number of amides is 1. The molecule has 27 heavy (non-hydrogen) atoms. The Morgan fingerprint density at radius 1 is 0.926 bits per heavy atom. The van der Waals surface area contributed by atoms with Crippen LogP contribution in [-0.2, 0) is 10.0 Å². The van der Waals surface area contributed by atoms with Gasteiger partial charge in [-0.25, -0.2) is 8.42 Å². The second-order valence-corrected chi connectivity index (χ2v) is 8.70. The SMILES string of the molecule is CCCN(CCC)S(=O)(=O)c1ccc(C(=O)Nc2cc(C)cc(C)c2)cc1. The molecule has 0 aromatic heterocycles. The fourth-order valence-electron chi connectivity index (χ4n) is 3.03. The van der Waals surface area contributed by atoms with E-state index in [1.807, 2.05) is 45.9 Å². The van der Waals surface area contributed by atoms with Crippen LogP contribution in [0.15, 0.2) is 47.4 Å². The molecule has 6 heteroatoms. The van der Waals surface area contributed by atoms with Crippen LogP contribution in [0.25, 0.3) is 0 Å². The van der Waals surface area contributed by atoms with Crippen LogP contribution in [0, 0.1) is 13.8 Å². The van der Waals surface area contributed by atoms with Crippen molar-refractivity contribution in [2.45, 2.75) is 45.4 Å². The van der Waals surface area contributed by atoms with Crippen molar-refractivity contribution in [2.75, 3.05) is 18.4 Å². The lowest BCUT2D eigenvalue weighted by Crippen LogP contribution is -2.32. The molecule has 2 aromatic rings. The van der Waals surface area contributed by atoms with Crippen LogP contribution in [0.1, 0.15) is 48.2 Å². The zero-order valence-corrected chi connectivity index (χ0v) is 17.3. The summed E-state index contributed by atoms with van der Waals surface area (Å²) in [5.74, 6) is -0.261. The van der Waals surface area contributed by atoms with E-state index >= 15 is 0 Å². The average molecular weight is 389 g/mol. The molecule has 1 N–H and O–H groups in total. The van der Waals surface area contributed by atoms with E-state index in [9.17, 15) is 13.2 Å². The Hall–Kier alpha value is -2.18. The molecule has 2 rings (SSSR count). The third kappa shape index (κ3) is 5.40. The Bertz CT molecular complexity index is 864. The van der Waals surface area contributed by atoms with Gasteiger partial charge in [-0.05, 0) is 74.2 Å². The van der Waals surface area contributed by atoms with Gasteiger partial charge in [0.2, 0.25) is 10.0 Å². The number of hydrogen-bond acceptors (Lipinski definition) is 3. The smallest absolute Gasteiger partial charge is 0.255 e. The van der Waals surface area contributed by atoms with Gasteiger partial charge in [0.15, 0.2) is 0 Å². The molecule has 0 aliphatic rings. The number of nitrogens with zero attached hydrogens (tertiary/aromatic N) is 1. The van der Waals surface area contributed by atoms with Crippen molar-refractivity contribution < 1.29 is 13.2 Å². The zero-order chi connectivity index (χ0) is 20.0. The summed E-state index contributed by atoms with van der Waals surface area (Å²) < 4.78 is 27.1. The van der Waals surface area contributed by atoms with Crippen LogP contribution in [0.4, 0.5) is 5.69 Å². The van der Waals surface area contributed by atoms with Gasteiger partial charge in [0.25, 0.3) is 5.91 Å². The molecule has 0 saturated heterocycles. The van der Waals surface area contributed by atoms with Crippen molar-refractivity contribution in [3.8, 4) is 0 Å². The van der Waals surface area contributed by atoms with Crippen LogP contribution in [0.5, 0.6) is 0 Å². The summed E-state index contributed by atoms with van der Waals surface area (Å²) in [6.07, 6.45) is 1.52. The number of benzene rings is 2. The summed E-state index contributed by atoms with van der Waals surface area (Å²) in [6, 6.07) is 12.0. The topological polar surface area (TPSA) is 66.5 Å². The molecule has 0 radical (unpaired) electrons. The first kappa shape index (κ1) is 21.1. The van der Waals surface area contributed by atoms with Crippen LogP contribution >= 0.6 is 0 Å². The van der Waals surface area contributed by atoms with Gasteiger partial charge < -0.3 is 5.32 Å². The average Bonchev–Trinajstić information content (AvgIpc) is 2.60. The highest BCUT2D eigenvalue weighted by molar-refractivity contribution is 7.89. The normalized spacial score (nSPS) is 11.6. The van der Waals surface area contributed by atoms with E-state index in [-0.39, 0.29) is 10.8 Å². The van der Waals surface area contributed by atoms with Crippen molar-refractivity contribution >= 4 is 21.6 Å². The molecular formula is C21H28N2O3S. The van der Waals surface area contributed by atoms with E-state index in [2.05, 4.69) is 5.32 Å². The fourth-order valence-corrected chi connectivity index (χ4v) is 4.65. The number of sulfonamides is 1. The van der Waals surface area contributed by atoms with Gasteiger partial charge in [-0.15, -0.1) is 0 Å². The minimum atomic E-state index is -3.54. The highest BCUT2D eigenvalue weighted by Gasteiger charge is 2.23. The maximum atomic E-state index is 12.8. The number of nitrogens with one attached hydrogen (secondary N) is 1. The molecule has 0 aliphatic heterocycles. The molecule has 0 saturated carbocycles. The Balaban J connectivity index is 2.19. The minimum absolute atomic E-state index is 0.215. The molecule has 0 fully saturated rings. The predicted octanol–water partition coefficient (Wildman–Crippen LogP) is 4.37. The third-order valence-electron chi connectivity index (χ3n) is 4.18. The summed E-state index contributed by atoms with van der Waals surface area (Å²) in [6.45, 7) is 8.84. The molecule has 1 amide bonds. The summed E-state index contributed by atoms with van der Waals surface area (Å²) in [5.41, 5.74) is 3.29. The van der Waals surface area contributed by atoms with E-state index in [4.69, 9.17) is 0 Å². The molecule has 5 nitrogen and oxygen atoms in total. The molecule has 2 aromatic carbocycles. The number of rotatable bonds is 8. The quantitative estimate of drug-likeness (QED) is 0.730. The van der Waals surface area contributed by atoms with Crippen LogP contribution in [0.3, 0.4) is 0 Å². The fraction of sp³-hybridized carbons (Fsp3) is 0.381. The van der Waals surface area contributed by atoms with E-state index in [0.717, 1.165) is 29.7 Å². The Labute approximate surface area is 162 Å². The maximum absolute atomic E-state index is 12.8. The van der Waals surface area contributed by atoms with Crippen LogP contribution in [-0.4, -0.2) is 31.7 Å². The van der Waals surface area contributed by atoms with Gasteiger partial charge in [-0.3, -0.25) is 4.79 Å². The summed E-state index contributed by atoms with van der Waals surface area (Å²) >= 11 is 0. The Morgan fingerprint density at radius 3 is 1.93 bits per heavy atom. The molecule has 0 bridgehead atoms. The summed E-state index contributed by atoms with van der Waals surface area (Å²) in [5, 5.41) is 2.86. The number of anilines is 1. The first-order chi connectivity index (χ1) is 12.8. The standard InChI is InChI=1S/C21H28N2O3S/c1-5-11-23(12-6-2)27(25,26)20-9-7-18(8-10-20)21(24)22-19-14-16(3)13-17(4)15-19/h7-10,13-15H,5-6,11-12H2,1-4H3,(H,22,24). The minimum Gasteiger partial charge on any atom is -0.322 e. The van der Waals surface area contributed by atoms with Crippen LogP contribution in [0.2, 0.25) is 0 Å². The third-order valence-corrected chi connectivity index (χ3v) is 6.09. The van der Waals surface area contributed by atoms with Gasteiger partial charge in [0.05, 0.1) is 4.90 Å². The highest BCUT2D eigenvalue weighted by Crippen LogP contribution is 2.19. The second-order valence-electron chi connectivity index (χ2n) is 6.76.